The first-order chi connectivity index (χ1) is 11.7. The van der Waals surface area contributed by atoms with Crippen LogP contribution >= 0.6 is 0 Å². The Morgan fingerprint density at radius 2 is 2.04 bits per heavy atom. The highest BCUT2D eigenvalue weighted by Gasteiger charge is 2.11. The summed E-state index contributed by atoms with van der Waals surface area (Å²) < 4.78 is 2.17. The van der Waals surface area contributed by atoms with Crippen molar-refractivity contribution < 1.29 is 4.79 Å². The largest absolute Gasteiger partial charge is 0.340 e. The Labute approximate surface area is 140 Å². The van der Waals surface area contributed by atoms with Crippen molar-refractivity contribution in [1.82, 2.24) is 15.0 Å². The van der Waals surface area contributed by atoms with Crippen LogP contribution in [-0.4, -0.2) is 21.7 Å². The molecule has 0 aliphatic heterocycles. The van der Waals surface area contributed by atoms with Gasteiger partial charge in [-0.3, -0.25) is 9.78 Å². The molecular weight excluding hydrogens is 300 g/mol. The van der Waals surface area contributed by atoms with Crippen LogP contribution in [0.3, 0.4) is 0 Å². The van der Waals surface area contributed by atoms with Crippen LogP contribution in [0.15, 0.2) is 66.5 Å². The van der Waals surface area contributed by atoms with Crippen LogP contribution in [-0.2, 0) is 6.54 Å². The van der Waals surface area contributed by atoms with Gasteiger partial charge in [0, 0.05) is 46.7 Å². The Kier molecular flexibility index (Phi) is 4.52. The Bertz CT molecular complexity index is 910. The Morgan fingerprint density at radius 3 is 2.79 bits per heavy atom. The molecule has 1 N–H and O–H groups in total. The number of benzene rings is 1. The Balaban J connectivity index is 1.88. The van der Waals surface area contributed by atoms with Crippen LogP contribution in [0, 0.1) is 6.92 Å². The fourth-order valence-corrected chi connectivity index (χ4v) is 2.71. The summed E-state index contributed by atoms with van der Waals surface area (Å²) >= 11 is 0. The lowest BCUT2D eigenvalue weighted by atomic mass is 10.1. The number of amides is 1. The summed E-state index contributed by atoms with van der Waals surface area (Å²) in [5.74, 6) is -0.263. The number of pyridine rings is 1. The highest BCUT2D eigenvalue weighted by Crippen LogP contribution is 2.24. The molecule has 5 heteroatoms. The minimum atomic E-state index is -0.263. The van der Waals surface area contributed by atoms with E-state index in [0.717, 1.165) is 28.7 Å². The van der Waals surface area contributed by atoms with Crippen LogP contribution < -0.4 is 5.43 Å². The lowest BCUT2D eigenvalue weighted by Gasteiger charge is -2.04. The second kappa shape index (κ2) is 6.91. The standard InChI is InChI=1S/C19H18N4O/c1-3-12-23-14(2)17(16-6-4-5-7-18(16)23)13-21-22-19(24)15-8-10-20-11-9-15/h3-11,13H,1,12H2,2H3,(H,22,24). The van der Waals surface area contributed by atoms with E-state index >= 15 is 0 Å². The molecular formula is C19H18N4O. The van der Waals surface area contributed by atoms with Crippen LogP contribution in [0.25, 0.3) is 10.9 Å². The number of aromatic nitrogens is 2. The van der Waals surface area contributed by atoms with Crippen molar-refractivity contribution in [2.75, 3.05) is 0 Å². The molecule has 0 bridgehead atoms. The summed E-state index contributed by atoms with van der Waals surface area (Å²) in [5, 5.41) is 5.21. The maximum absolute atomic E-state index is 12.0. The van der Waals surface area contributed by atoms with Gasteiger partial charge in [0.15, 0.2) is 0 Å². The van der Waals surface area contributed by atoms with E-state index in [4.69, 9.17) is 0 Å². The summed E-state index contributed by atoms with van der Waals surface area (Å²) in [5.41, 5.74) is 6.27. The van der Waals surface area contributed by atoms with Gasteiger partial charge in [-0.1, -0.05) is 24.3 Å². The van der Waals surface area contributed by atoms with Gasteiger partial charge in [-0.05, 0) is 25.1 Å². The van der Waals surface area contributed by atoms with Gasteiger partial charge < -0.3 is 4.57 Å². The molecule has 120 valence electrons. The maximum Gasteiger partial charge on any atom is 0.271 e. The number of hydrazone groups is 1. The minimum absolute atomic E-state index is 0.263. The predicted octanol–water partition coefficient (Wildman–Crippen LogP) is 3.29. The molecule has 0 atom stereocenters. The van der Waals surface area contributed by atoms with E-state index in [0.29, 0.717) is 5.56 Å². The zero-order chi connectivity index (χ0) is 16.9. The number of fused-ring (bicyclic) bond motifs is 1. The molecule has 5 nitrogen and oxygen atoms in total. The smallest absolute Gasteiger partial charge is 0.271 e. The summed E-state index contributed by atoms with van der Waals surface area (Å²) in [6.07, 6.45) is 6.71. The number of para-hydroxylation sites is 1. The summed E-state index contributed by atoms with van der Waals surface area (Å²) in [7, 11) is 0. The van der Waals surface area contributed by atoms with Crippen LogP contribution in [0.2, 0.25) is 0 Å². The van der Waals surface area contributed by atoms with Gasteiger partial charge in [-0.25, -0.2) is 5.43 Å². The normalized spacial score (nSPS) is 11.0. The summed E-state index contributed by atoms with van der Waals surface area (Å²) in [6, 6.07) is 11.4. The fraction of sp³-hybridized carbons (Fsp3) is 0.105. The van der Waals surface area contributed by atoms with Crippen molar-refractivity contribution in [3.63, 3.8) is 0 Å². The first kappa shape index (κ1) is 15.7. The third-order valence-corrected chi connectivity index (χ3v) is 3.89. The van der Waals surface area contributed by atoms with E-state index < -0.39 is 0 Å². The number of nitrogens with one attached hydrogen (secondary N) is 1. The molecule has 0 aliphatic carbocycles. The molecule has 0 unspecified atom stereocenters. The quantitative estimate of drug-likeness (QED) is 0.446. The van der Waals surface area contributed by atoms with E-state index in [-0.39, 0.29) is 5.91 Å². The zero-order valence-electron chi connectivity index (χ0n) is 13.4. The molecule has 3 aromatic rings. The summed E-state index contributed by atoms with van der Waals surface area (Å²) in [6.45, 7) is 6.58. The molecule has 0 fully saturated rings. The SMILES string of the molecule is C=CCn1c(C)c(C=NNC(=O)c2ccncc2)c2ccccc21. The van der Waals surface area contributed by atoms with E-state index in [1.54, 1.807) is 30.7 Å². The molecule has 1 aromatic carbocycles. The number of rotatable bonds is 5. The van der Waals surface area contributed by atoms with Gasteiger partial charge in [0.05, 0.1) is 6.21 Å². The fourth-order valence-electron chi connectivity index (χ4n) is 2.71. The van der Waals surface area contributed by atoms with Gasteiger partial charge in [-0.15, -0.1) is 6.58 Å². The monoisotopic (exact) mass is 318 g/mol. The maximum atomic E-state index is 12.0. The van der Waals surface area contributed by atoms with E-state index in [1.807, 2.05) is 31.2 Å². The number of allylic oxidation sites excluding steroid dienone is 1. The third kappa shape index (κ3) is 2.96. The van der Waals surface area contributed by atoms with Gasteiger partial charge in [0.1, 0.15) is 0 Å². The third-order valence-electron chi connectivity index (χ3n) is 3.89. The van der Waals surface area contributed by atoms with Crippen molar-refractivity contribution in [3.05, 3.63) is 78.3 Å². The van der Waals surface area contributed by atoms with Gasteiger partial charge in [0.2, 0.25) is 0 Å². The second-order valence-electron chi connectivity index (χ2n) is 5.35. The predicted molar refractivity (Wildman–Crippen MR) is 96.2 cm³/mol. The molecule has 2 heterocycles. The van der Waals surface area contributed by atoms with Crippen molar-refractivity contribution in [2.24, 2.45) is 5.10 Å². The number of hydrogen-bond donors (Lipinski definition) is 1. The van der Waals surface area contributed by atoms with Crippen LogP contribution in [0.5, 0.6) is 0 Å². The Hall–Kier alpha value is -3.21. The molecule has 0 radical (unpaired) electrons. The average Bonchev–Trinajstić information content (AvgIpc) is 2.88. The van der Waals surface area contributed by atoms with Crippen LogP contribution in [0.1, 0.15) is 21.6 Å². The van der Waals surface area contributed by atoms with E-state index in [1.165, 1.54) is 0 Å². The van der Waals surface area contributed by atoms with Gasteiger partial charge >= 0.3 is 0 Å². The van der Waals surface area contributed by atoms with Gasteiger partial charge in [0.25, 0.3) is 5.91 Å². The molecule has 0 aliphatic rings. The average molecular weight is 318 g/mol. The first-order valence-corrected chi connectivity index (χ1v) is 7.64. The van der Waals surface area contributed by atoms with Crippen molar-refractivity contribution in [2.45, 2.75) is 13.5 Å². The van der Waals surface area contributed by atoms with E-state index in [9.17, 15) is 4.79 Å². The molecule has 3 rings (SSSR count). The minimum Gasteiger partial charge on any atom is -0.340 e. The molecule has 0 spiro atoms. The lowest BCUT2D eigenvalue weighted by Crippen LogP contribution is -2.17. The number of carbonyl (C=O) groups is 1. The number of hydrogen-bond acceptors (Lipinski definition) is 3. The highest BCUT2D eigenvalue weighted by molar-refractivity contribution is 6.02. The molecule has 24 heavy (non-hydrogen) atoms. The number of carbonyl (C=O) groups excluding carboxylic acids is 1. The zero-order valence-corrected chi connectivity index (χ0v) is 13.4. The van der Waals surface area contributed by atoms with Crippen molar-refractivity contribution in [3.8, 4) is 0 Å². The molecule has 1 amide bonds. The highest BCUT2D eigenvalue weighted by atomic mass is 16.2. The molecule has 2 aromatic heterocycles. The summed E-state index contributed by atoms with van der Waals surface area (Å²) in [4.78, 5) is 15.9. The molecule has 0 saturated carbocycles. The topological polar surface area (TPSA) is 59.3 Å². The second-order valence-corrected chi connectivity index (χ2v) is 5.35. The lowest BCUT2D eigenvalue weighted by molar-refractivity contribution is 0.0955. The van der Waals surface area contributed by atoms with Crippen molar-refractivity contribution >= 4 is 23.0 Å². The van der Waals surface area contributed by atoms with Crippen LogP contribution in [0.4, 0.5) is 0 Å². The molecule has 0 saturated heterocycles. The number of nitrogens with zero attached hydrogens (tertiary/aromatic N) is 3. The van der Waals surface area contributed by atoms with E-state index in [2.05, 4.69) is 32.7 Å². The van der Waals surface area contributed by atoms with Gasteiger partial charge in [-0.2, -0.15) is 5.10 Å². The van der Waals surface area contributed by atoms with Crippen molar-refractivity contribution in [1.29, 1.82) is 0 Å². The Morgan fingerprint density at radius 1 is 1.29 bits per heavy atom. The first-order valence-electron chi connectivity index (χ1n) is 7.64.